The highest BCUT2D eigenvalue weighted by atomic mass is 32.1. The third-order valence-corrected chi connectivity index (χ3v) is 5.82. The number of aryl methyl sites for hydroxylation is 2. The predicted molar refractivity (Wildman–Crippen MR) is 99.0 cm³/mol. The number of carbonyl (C=O) groups is 2. The fourth-order valence-electron chi connectivity index (χ4n) is 3.18. The largest absolute Gasteiger partial charge is 0.279 e. The van der Waals surface area contributed by atoms with Gasteiger partial charge in [-0.3, -0.25) is 20.4 Å². The zero-order chi connectivity index (χ0) is 17.9. The average Bonchev–Trinajstić information content (AvgIpc) is 3.25. The Morgan fingerprint density at radius 1 is 0.923 bits per heavy atom. The minimum Gasteiger partial charge on any atom is -0.267 e. The Hall–Kier alpha value is -2.74. The van der Waals surface area contributed by atoms with Crippen LogP contribution in [-0.2, 0) is 12.8 Å². The Balaban J connectivity index is 1.41. The van der Waals surface area contributed by atoms with E-state index in [1.54, 1.807) is 18.2 Å². The monoisotopic (exact) mass is 369 g/mol. The van der Waals surface area contributed by atoms with E-state index in [4.69, 9.17) is 0 Å². The number of hydrogen-bond acceptors (Lipinski definition) is 5. The van der Waals surface area contributed by atoms with Gasteiger partial charge in [0.1, 0.15) is 11.0 Å². The number of thiophene rings is 1. The van der Waals surface area contributed by atoms with Crippen molar-refractivity contribution in [2.75, 3.05) is 0 Å². The van der Waals surface area contributed by atoms with Gasteiger partial charge in [0.25, 0.3) is 11.8 Å². The Kier molecular flexibility index (Phi) is 4.66. The molecule has 1 aliphatic rings. The number of carbonyl (C=O) groups excluding carboxylic acids is 2. The summed E-state index contributed by atoms with van der Waals surface area (Å²) in [6.45, 7) is 0. The number of benzene rings is 1. The second kappa shape index (κ2) is 7.25. The minimum absolute atomic E-state index is 0.280. The lowest BCUT2D eigenvalue weighted by molar-refractivity contribution is 0.0849. The highest BCUT2D eigenvalue weighted by Gasteiger charge is 2.17. The molecule has 134 valence electrons. The van der Waals surface area contributed by atoms with E-state index in [0.29, 0.717) is 21.5 Å². The first kappa shape index (κ1) is 16.7. The summed E-state index contributed by atoms with van der Waals surface area (Å²) >= 11 is 1.53. The molecule has 0 aliphatic heterocycles. The maximum atomic E-state index is 12.4. The number of rotatable bonds is 2. The van der Waals surface area contributed by atoms with E-state index in [-0.39, 0.29) is 5.91 Å². The summed E-state index contributed by atoms with van der Waals surface area (Å²) in [5.41, 5.74) is 7.95. The van der Waals surface area contributed by atoms with E-state index >= 15 is 0 Å². The van der Waals surface area contributed by atoms with Gasteiger partial charge in [0.2, 0.25) is 0 Å². The molecule has 0 radical (unpaired) electrons. The molecule has 4 rings (SSSR count). The van der Waals surface area contributed by atoms with E-state index in [1.807, 2.05) is 6.07 Å². The molecule has 0 unspecified atom stereocenters. The average molecular weight is 369 g/mol. The van der Waals surface area contributed by atoms with E-state index in [9.17, 15) is 9.59 Å². The quantitative estimate of drug-likeness (QED) is 0.605. The van der Waals surface area contributed by atoms with Gasteiger partial charge >= 0.3 is 0 Å². The van der Waals surface area contributed by atoms with Crippen LogP contribution < -0.4 is 10.9 Å². The number of hydrazine groups is 1. The molecule has 3 aromatic rings. The van der Waals surface area contributed by atoms with Crippen molar-refractivity contribution in [2.45, 2.75) is 38.5 Å². The summed E-state index contributed by atoms with van der Waals surface area (Å²) in [6, 6.07) is 6.93. The zero-order valence-corrected chi connectivity index (χ0v) is 15.0. The molecule has 0 atom stereocenters. The van der Waals surface area contributed by atoms with Crippen LogP contribution in [0, 0.1) is 0 Å². The van der Waals surface area contributed by atoms with Crippen LogP contribution in [-0.4, -0.2) is 27.2 Å². The number of hydrogen-bond donors (Lipinski definition) is 3. The Morgan fingerprint density at radius 2 is 1.69 bits per heavy atom. The molecule has 1 aliphatic carbocycles. The first-order chi connectivity index (χ1) is 12.7. The first-order valence-electron chi connectivity index (χ1n) is 8.73. The van der Waals surface area contributed by atoms with Gasteiger partial charge in [-0.1, -0.05) is 12.8 Å². The van der Waals surface area contributed by atoms with Crippen LogP contribution in [0.5, 0.6) is 0 Å². The molecule has 8 heteroatoms. The molecule has 3 N–H and O–H groups in total. The van der Waals surface area contributed by atoms with Crippen molar-refractivity contribution in [3.8, 4) is 0 Å². The fraction of sp³-hybridized carbons (Fsp3) is 0.333. The SMILES string of the molecule is O=C(NNC(=O)c1cc2c(s1)CCCCCC2)c1ccc2n[nH]nc2c1. The third kappa shape index (κ3) is 3.45. The van der Waals surface area contributed by atoms with Crippen molar-refractivity contribution < 1.29 is 9.59 Å². The smallest absolute Gasteiger partial charge is 0.267 e. The Bertz CT molecular complexity index is 936. The standard InChI is InChI=1S/C18H19N5O2S/c24-17(12-7-8-13-14(9-12)20-23-19-13)21-22-18(25)16-10-11-5-3-1-2-4-6-15(11)26-16/h7-10H,1-6H2,(H,21,24)(H,22,25)(H,19,20,23). The van der Waals surface area contributed by atoms with Crippen molar-refractivity contribution in [1.29, 1.82) is 0 Å². The molecule has 1 aromatic carbocycles. The van der Waals surface area contributed by atoms with Gasteiger partial charge in [-0.25, -0.2) is 0 Å². The van der Waals surface area contributed by atoms with E-state index in [1.165, 1.54) is 47.5 Å². The van der Waals surface area contributed by atoms with Gasteiger partial charge < -0.3 is 0 Å². The van der Waals surface area contributed by atoms with Gasteiger partial charge in [0.15, 0.2) is 0 Å². The normalized spacial score (nSPS) is 14.3. The summed E-state index contributed by atoms with van der Waals surface area (Å²) in [6.07, 6.45) is 6.93. The second-order valence-electron chi connectivity index (χ2n) is 6.41. The maximum Gasteiger partial charge on any atom is 0.279 e. The number of H-pyrrole nitrogens is 1. The number of nitrogens with one attached hydrogen (secondary N) is 3. The van der Waals surface area contributed by atoms with Crippen molar-refractivity contribution in [3.05, 3.63) is 45.1 Å². The highest BCUT2D eigenvalue weighted by Crippen LogP contribution is 2.28. The van der Waals surface area contributed by atoms with Crippen LogP contribution in [0.2, 0.25) is 0 Å². The van der Waals surface area contributed by atoms with Gasteiger partial charge in [0.05, 0.1) is 4.88 Å². The summed E-state index contributed by atoms with van der Waals surface area (Å²) in [5.74, 6) is -0.671. The van der Waals surface area contributed by atoms with E-state index < -0.39 is 5.91 Å². The molecule has 2 amide bonds. The summed E-state index contributed by atoms with van der Waals surface area (Å²) < 4.78 is 0. The molecule has 2 heterocycles. The molecular formula is C18H19N5O2S. The molecule has 2 aromatic heterocycles. The topological polar surface area (TPSA) is 99.8 Å². The molecule has 0 saturated carbocycles. The molecule has 26 heavy (non-hydrogen) atoms. The number of nitrogens with zero attached hydrogens (tertiary/aromatic N) is 2. The van der Waals surface area contributed by atoms with Crippen molar-refractivity contribution in [3.63, 3.8) is 0 Å². The molecule has 7 nitrogen and oxygen atoms in total. The number of fused-ring (bicyclic) bond motifs is 2. The Morgan fingerprint density at radius 3 is 2.58 bits per heavy atom. The van der Waals surface area contributed by atoms with Crippen LogP contribution in [0.25, 0.3) is 11.0 Å². The van der Waals surface area contributed by atoms with Gasteiger partial charge in [-0.2, -0.15) is 15.4 Å². The minimum atomic E-state index is -0.391. The molecule has 0 spiro atoms. The van der Waals surface area contributed by atoms with Crippen LogP contribution >= 0.6 is 11.3 Å². The van der Waals surface area contributed by atoms with E-state index in [0.717, 1.165) is 12.8 Å². The van der Waals surface area contributed by atoms with Crippen molar-refractivity contribution in [1.82, 2.24) is 26.3 Å². The Labute approximate surface area is 154 Å². The van der Waals surface area contributed by atoms with Crippen LogP contribution in [0.4, 0.5) is 0 Å². The first-order valence-corrected chi connectivity index (χ1v) is 9.55. The molecule has 0 saturated heterocycles. The molecule has 0 fully saturated rings. The highest BCUT2D eigenvalue weighted by molar-refractivity contribution is 7.14. The lowest BCUT2D eigenvalue weighted by Gasteiger charge is -2.07. The van der Waals surface area contributed by atoms with Crippen molar-refractivity contribution in [2.24, 2.45) is 0 Å². The van der Waals surface area contributed by atoms with Gasteiger partial charge in [-0.05, 0) is 55.5 Å². The number of amides is 2. The van der Waals surface area contributed by atoms with E-state index in [2.05, 4.69) is 26.3 Å². The third-order valence-electron chi connectivity index (χ3n) is 4.59. The number of aromatic nitrogens is 3. The lowest BCUT2D eigenvalue weighted by atomic mass is 10.00. The van der Waals surface area contributed by atoms with Crippen LogP contribution in [0.15, 0.2) is 24.3 Å². The summed E-state index contributed by atoms with van der Waals surface area (Å²) in [5, 5.41) is 10.4. The van der Waals surface area contributed by atoms with Gasteiger partial charge in [-0.15, -0.1) is 11.3 Å². The fourth-order valence-corrected chi connectivity index (χ4v) is 4.33. The van der Waals surface area contributed by atoms with Crippen molar-refractivity contribution >= 4 is 34.2 Å². The molecule has 0 bridgehead atoms. The predicted octanol–water partition coefficient (Wildman–Crippen LogP) is 2.75. The second-order valence-corrected chi connectivity index (χ2v) is 7.55. The number of aromatic amines is 1. The zero-order valence-electron chi connectivity index (χ0n) is 14.2. The van der Waals surface area contributed by atoms with Gasteiger partial charge in [0, 0.05) is 10.4 Å². The maximum absolute atomic E-state index is 12.4. The summed E-state index contributed by atoms with van der Waals surface area (Å²) in [4.78, 5) is 26.6. The summed E-state index contributed by atoms with van der Waals surface area (Å²) in [7, 11) is 0. The van der Waals surface area contributed by atoms with Crippen LogP contribution in [0.1, 0.15) is 56.2 Å². The molecular weight excluding hydrogens is 350 g/mol. The lowest BCUT2D eigenvalue weighted by Crippen LogP contribution is -2.41. The van der Waals surface area contributed by atoms with Crippen LogP contribution in [0.3, 0.4) is 0 Å².